The smallest absolute Gasteiger partial charge is 0.253 e. The lowest BCUT2D eigenvalue weighted by molar-refractivity contribution is 0.0666. The molecule has 1 atom stereocenters. The molecular formula is C30H33ClN8O6S2. The molecule has 6 rings (SSSR count). The van der Waals surface area contributed by atoms with Crippen molar-refractivity contribution in [3.8, 4) is 0 Å². The highest BCUT2D eigenvalue weighted by molar-refractivity contribution is 7.92. The lowest BCUT2D eigenvalue weighted by Gasteiger charge is -2.39. The predicted octanol–water partition coefficient (Wildman–Crippen LogP) is 1.42. The van der Waals surface area contributed by atoms with Crippen LogP contribution in [-0.4, -0.2) is 91.2 Å². The van der Waals surface area contributed by atoms with E-state index in [4.69, 9.17) is 23.1 Å². The van der Waals surface area contributed by atoms with Crippen LogP contribution >= 0.6 is 11.6 Å². The van der Waals surface area contributed by atoms with Crippen molar-refractivity contribution in [3.05, 3.63) is 82.9 Å². The lowest BCUT2D eigenvalue weighted by atomic mass is 9.88. The normalized spacial score (nSPS) is 20.7. The van der Waals surface area contributed by atoms with Crippen LogP contribution in [0.5, 0.6) is 0 Å². The second-order valence-corrected chi connectivity index (χ2v) is 16.3. The number of carbonyl (C=O) groups is 2. The van der Waals surface area contributed by atoms with Gasteiger partial charge in [0.1, 0.15) is 5.82 Å². The van der Waals surface area contributed by atoms with Gasteiger partial charge in [0.2, 0.25) is 15.8 Å². The van der Waals surface area contributed by atoms with Crippen molar-refractivity contribution in [1.29, 1.82) is 0 Å². The van der Waals surface area contributed by atoms with E-state index in [1.165, 1.54) is 40.7 Å². The Morgan fingerprint density at radius 1 is 0.936 bits per heavy atom. The van der Waals surface area contributed by atoms with Gasteiger partial charge >= 0.3 is 0 Å². The number of sulfonamides is 1. The maximum Gasteiger partial charge on any atom is 0.253 e. The van der Waals surface area contributed by atoms with Crippen molar-refractivity contribution in [2.24, 2.45) is 0 Å². The molecule has 4 heterocycles. The van der Waals surface area contributed by atoms with E-state index in [1.54, 1.807) is 29.2 Å². The van der Waals surface area contributed by atoms with Crippen molar-refractivity contribution < 1.29 is 26.4 Å². The van der Waals surface area contributed by atoms with Crippen molar-refractivity contribution in [1.82, 2.24) is 29.8 Å². The van der Waals surface area contributed by atoms with Crippen LogP contribution < -0.4 is 22.1 Å². The first-order valence-corrected chi connectivity index (χ1v) is 18.2. The van der Waals surface area contributed by atoms with Crippen LogP contribution in [0.4, 0.5) is 11.6 Å². The summed E-state index contributed by atoms with van der Waals surface area (Å²) in [5.41, 5.74) is 11.1. The van der Waals surface area contributed by atoms with Gasteiger partial charge in [-0.15, -0.1) is 0 Å². The standard InChI is InChI=1S/C30H33ClN8O6S2/c31-26-28(33)36-27(32)25(35-26)23(40)16-24-34-18-30(37-24)10-13-38(14-11-30)29(41)19-5-4-8-21(15-19)47(44,45)39-12-9-22(17-39)46(42,43)20-6-2-1-3-7-20/h1-8,15-16,22,34,37H,9-14,17-18H2,(H4,32,33,36)/b24-16+. The number of nitrogens with one attached hydrogen (secondary N) is 2. The zero-order chi connectivity index (χ0) is 33.6. The second-order valence-electron chi connectivity index (χ2n) is 11.8. The molecule has 47 heavy (non-hydrogen) atoms. The van der Waals surface area contributed by atoms with E-state index in [9.17, 15) is 26.4 Å². The number of halogens is 1. The largest absolute Gasteiger partial charge is 0.382 e. The van der Waals surface area contributed by atoms with E-state index in [0.29, 0.717) is 38.3 Å². The Morgan fingerprint density at radius 2 is 1.64 bits per heavy atom. The number of anilines is 2. The molecule has 0 aliphatic carbocycles. The SMILES string of the molecule is Nc1nc(N)c(C(=O)/C=C2\NCC3(CCN(C(=O)c4cccc(S(=O)(=O)N5CCC(S(=O)(=O)c6ccccc6)C5)c4)CC3)N2)nc1Cl. The molecule has 17 heteroatoms. The molecule has 1 spiro atoms. The van der Waals surface area contributed by atoms with Gasteiger partial charge in [0, 0.05) is 44.4 Å². The van der Waals surface area contributed by atoms with Gasteiger partial charge in [-0.3, -0.25) is 9.59 Å². The highest BCUT2D eigenvalue weighted by Gasteiger charge is 2.42. The molecule has 1 amide bonds. The van der Waals surface area contributed by atoms with Crippen molar-refractivity contribution in [2.75, 3.05) is 44.2 Å². The van der Waals surface area contributed by atoms with Gasteiger partial charge in [-0.1, -0.05) is 35.9 Å². The van der Waals surface area contributed by atoms with Crippen LogP contribution in [0.3, 0.4) is 0 Å². The third kappa shape index (κ3) is 6.37. The minimum Gasteiger partial charge on any atom is -0.382 e. The summed E-state index contributed by atoms with van der Waals surface area (Å²) < 4.78 is 54.5. The molecular weight excluding hydrogens is 668 g/mol. The summed E-state index contributed by atoms with van der Waals surface area (Å²) in [5.74, 6) is -0.549. The number of piperidine rings is 1. The van der Waals surface area contributed by atoms with Crippen LogP contribution in [0.2, 0.25) is 5.15 Å². The third-order valence-electron chi connectivity index (χ3n) is 8.78. The number of likely N-dealkylation sites (tertiary alicyclic amines) is 1. The average Bonchev–Trinajstić information content (AvgIpc) is 3.72. The third-order valence-corrected chi connectivity index (χ3v) is 13.1. The molecule has 0 saturated carbocycles. The minimum atomic E-state index is -4.05. The topological polar surface area (TPSA) is 211 Å². The Hall–Kier alpha value is -4.25. The highest BCUT2D eigenvalue weighted by atomic mass is 35.5. The number of amides is 1. The Labute approximate surface area is 277 Å². The van der Waals surface area contributed by atoms with E-state index in [1.807, 2.05) is 0 Å². The van der Waals surface area contributed by atoms with Crippen LogP contribution in [0.1, 0.15) is 40.1 Å². The van der Waals surface area contributed by atoms with Crippen molar-refractivity contribution in [3.63, 3.8) is 0 Å². The Kier molecular flexibility index (Phi) is 8.63. The Bertz CT molecular complexity index is 1980. The number of allylic oxidation sites excluding steroid dienone is 1. The van der Waals surface area contributed by atoms with E-state index in [0.717, 1.165) is 0 Å². The number of hydrogen-bond acceptors (Lipinski definition) is 12. The van der Waals surface area contributed by atoms with E-state index in [2.05, 4.69) is 20.6 Å². The number of ketones is 1. The summed E-state index contributed by atoms with van der Waals surface area (Å²) in [6, 6.07) is 13.8. The van der Waals surface area contributed by atoms with Gasteiger partial charge < -0.3 is 27.0 Å². The summed E-state index contributed by atoms with van der Waals surface area (Å²) >= 11 is 5.90. The molecule has 0 bridgehead atoms. The van der Waals surface area contributed by atoms with Crippen LogP contribution in [0.25, 0.3) is 0 Å². The maximum atomic E-state index is 13.5. The number of nitrogen functional groups attached to an aromatic ring is 2. The zero-order valence-electron chi connectivity index (χ0n) is 25.1. The van der Waals surface area contributed by atoms with Gasteiger partial charge in [0.05, 0.1) is 20.6 Å². The lowest BCUT2D eigenvalue weighted by Crippen LogP contribution is -2.53. The molecule has 3 fully saturated rings. The molecule has 3 aromatic rings. The average molecular weight is 701 g/mol. The quantitative estimate of drug-likeness (QED) is 0.204. The predicted molar refractivity (Wildman–Crippen MR) is 175 cm³/mol. The zero-order valence-corrected chi connectivity index (χ0v) is 27.5. The molecule has 14 nitrogen and oxygen atoms in total. The number of nitrogens with zero attached hydrogens (tertiary/aromatic N) is 4. The van der Waals surface area contributed by atoms with Crippen LogP contribution in [-0.2, 0) is 19.9 Å². The highest BCUT2D eigenvalue weighted by Crippen LogP contribution is 2.30. The Balaban J connectivity index is 1.09. The summed E-state index contributed by atoms with van der Waals surface area (Å²) in [6.07, 6.45) is 2.63. The Morgan fingerprint density at radius 3 is 2.36 bits per heavy atom. The monoisotopic (exact) mass is 700 g/mol. The molecule has 3 aliphatic rings. The van der Waals surface area contributed by atoms with E-state index in [-0.39, 0.29) is 63.3 Å². The maximum absolute atomic E-state index is 13.5. The van der Waals surface area contributed by atoms with Gasteiger partial charge in [0.15, 0.2) is 32.3 Å². The number of nitrogens with two attached hydrogens (primary N) is 2. The number of benzene rings is 2. The van der Waals surface area contributed by atoms with Gasteiger partial charge in [-0.2, -0.15) is 4.31 Å². The van der Waals surface area contributed by atoms with Gasteiger partial charge in [-0.25, -0.2) is 26.8 Å². The molecule has 3 saturated heterocycles. The number of sulfone groups is 1. The van der Waals surface area contributed by atoms with E-state index < -0.39 is 36.4 Å². The molecule has 1 aromatic heterocycles. The van der Waals surface area contributed by atoms with Crippen molar-refractivity contribution >= 4 is 54.8 Å². The van der Waals surface area contributed by atoms with Gasteiger partial charge in [-0.05, 0) is 49.6 Å². The fourth-order valence-corrected chi connectivity index (χ4v) is 9.56. The summed E-state index contributed by atoms with van der Waals surface area (Å²) in [4.78, 5) is 35.8. The molecule has 3 aliphatic heterocycles. The van der Waals surface area contributed by atoms with E-state index >= 15 is 0 Å². The number of rotatable bonds is 7. The molecule has 6 N–H and O–H groups in total. The molecule has 2 aromatic carbocycles. The molecule has 0 radical (unpaired) electrons. The molecule has 1 unspecified atom stereocenters. The minimum absolute atomic E-state index is 0.0586. The second kappa shape index (κ2) is 12.4. The summed E-state index contributed by atoms with van der Waals surface area (Å²) in [7, 11) is -7.75. The number of carbonyl (C=O) groups excluding carboxylic acids is 2. The fourth-order valence-electron chi connectivity index (χ4n) is 6.08. The summed E-state index contributed by atoms with van der Waals surface area (Å²) in [5, 5.41) is 5.55. The van der Waals surface area contributed by atoms with Crippen LogP contribution in [0.15, 0.2) is 76.3 Å². The van der Waals surface area contributed by atoms with Gasteiger partial charge in [0.25, 0.3) is 5.91 Å². The first kappa shape index (κ1) is 32.7. The first-order valence-electron chi connectivity index (χ1n) is 14.8. The molecule has 248 valence electrons. The van der Waals surface area contributed by atoms with Crippen LogP contribution in [0, 0.1) is 0 Å². The van der Waals surface area contributed by atoms with Crippen molar-refractivity contribution in [2.45, 2.75) is 39.8 Å². The number of aromatic nitrogens is 2. The first-order chi connectivity index (χ1) is 22.3. The summed E-state index contributed by atoms with van der Waals surface area (Å²) in [6.45, 7) is 1.20. The fraction of sp³-hybridized carbons (Fsp3) is 0.333. The number of hydrogen-bond donors (Lipinski definition) is 4.